The second-order valence-corrected chi connectivity index (χ2v) is 13.5. The van der Waals surface area contributed by atoms with Gasteiger partial charge in [-0.1, -0.05) is 70.7 Å². The summed E-state index contributed by atoms with van der Waals surface area (Å²) in [6.07, 6.45) is 12.9. The van der Waals surface area contributed by atoms with Crippen molar-refractivity contribution >= 4 is 0 Å². The number of aliphatic hydroxyl groups is 2. The molecule has 0 heterocycles. The van der Waals surface area contributed by atoms with Crippen LogP contribution in [0.15, 0.2) is 24.3 Å². The zero-order valence-electron chi connectivity index (χ0n) is 23.6. The lowest BCUT2D eigenvalue weighted by Gasteiger charge is -2.40. The zero-order valence-corrected chi connectivity index (χ0v) is 23.6. The SMILES string of the molecule is COC(C)(C)CCCC1CCCC(c2ccccc2C2CCCC(CCCC(C)(C)C)C2O)C1O. The Morgan fingerprint density at radius 1 is 0.743 bits per heavy atom. The molecular formula is C32H54O3. The van der Waals surface area contributed by atoms with Crippen LogP contribution in [0, 0.1) is 17.3 Å². The summed E-state index contributed by atoms with van der Waals surface area (Å²) >= 11 is 0. The van der Waals surface area contributed by atoms with Crippen molar-refractivity contribution in [2.75, 3.05) is 7.11 Å². The Labute approximate surface area is 216 Å². The van der Waals surface area contributed by atoms with Crippen molar-refractivity contribution in [1.29, 1.82) is 0 Å². The van der Waals surface area contributed by atoms with Crippen LogP contribution < -0.4 is 0 Å². The number of hydrogen-bond donors (Lipinski definition) is 2. The zero-order chi connectivity index (χ0) is 25.6. The molecule has 0 amide bonds. The molecule has 3 heteroatoms. The summed E-state index contributed by atoms with van der Waals surface area (Å²) in [7, 11) is 1.79. The number of hydrogen-bond acceptors (Lipinski definition) is 3. The average molecular weight is 487 g/mol. The predicted octanol–water partition coefficient (Wildman–Crippen LogP) is 7.99. The van der Waals surface area contributed by atoms with Crippen molar-refractivity contribution in [3.8, 4) is 0 Å². The highest BCUT2D eigenvalue weighted by Crippen LogP contribution is 2.45. The maximum Gasteiger partial charge on any atom is 0.0636 e. The molecule has 2 aliphatic carbocycles. The van der Waals surface area contributed by atoms with Gasteiger partial charge >= 0.3 is 0 Å². The van der Waals surface area contributed by atoms with E-state index in [2.05, 4.69) is 58.9 Å². The van der Waals surface area contributed by atoms with Gasteiger partial charge in [0, 0.05) is 18.9 Å². The number of methoxy groups -OCH3 is 1. The molecule has 6 unspecified atom stereocenters. The van der Waals surface area contributed by atoms with Crippen LogP contribution in [-0.4, -0.2) is 35.1 Å². The average Bonchev–Trinajstić information content (AvgIpc) is 2.81. The normalized spacial score (nSPS) is 30.4. The van der Waals surface area contributed by atoms with Gasteiger partial charge in [0.05, 0.1) is 17.8 Å². The first-order valence-electron chi connectivity index (χ1n) is 14.5. The van der Waals surface area contributed by atoms with Crippen LogP contribution >= 0.6 is 0 Å². The molecule has 0 saturated heterocycles. The van der Waals surface area contributed by atoms with E-state index in [1.807, 2.05) is 0 Å². The van der Waals surface area contributed by atoms with Crippen LogP contribution in [0.3, 0.4) is 0 Å². The standard InChI is InChI=1S/C32H54O3/c1-31(2,3)21-11-15-23-13-9-19-27(29(23)33)25-17-7-8-18-26(25)28-20-10-14-24(30(28)34)16-12-22-32(4,5)35-6/h7-8,17-18,23-24,27-30,33-34H,9-16,19-22H2,1-6H3. The summed E-state index contributed by atoms with van der Waals surface area (Å²) < 4.78 is 5.60. The molecule has 2 fully saturated rings. The largest absolute Gasteiger partial charge is 0.392 e. The van der Waals surface area contributed by atoms with E-state index < -0.39 is 0 Å². The van der Waals surface area contributed by atoms with E-state index in [-0.39, 0.29) is 29.6 Å². The molecule has 200 valence electrons. The van der Waals surface area contributed by atoms with Crippen molar-refractivity contribution in [2.45, 2.75) is 141 Å². The molecule has 2 aliphatic rings. The fourth-order valence-corrected chi connectivity index (χ4v) is 6.82. The molecule has 35 heavy (non-hydrogen) atoms. The Balaban J connectivity index is 1.69. The Morgan fingerprint density at radius 2 is 1.20 bits per heavy atom. The van der Waals surface area contributed by atoms with E-state index in [0.717, 1.165) is 51.4 Å². The van der Waals surface area contributed by atoms with Gasteiger partial charge in [-0.25, -0.2) is 0 Å². The van der Waals surface area contributed by atoms with Crippen LogP contribution in [0.4, 0.5) is 0 Å². The Kier molecular flexibility index (Phi) is 10.3. The third-order valence-electron chi connectivity index (χ3n) is 9.17. The minimum atomic E-state index is -0.293. The summed E-state index contributed by atoms with van der Waals surface area (Å²) in [5.41, 5.74) is 2.89. The fraction of sp³-hybridized carbons (Fsp3) is 0.812. The van der Waals surface area contributed by atoms with Crippen molar-refractivity contribution in [1.82, 2.24) is 0 Å². The molecule has 1 aromatic carbocycles. The van der Waals surface area contributed by atoms with Gasteiger partial charge in [0.15, 0.2) is 0 Å². The van der Waals surface area contributed by atoms with Gasteiger partial charge in [0.25, 0.3) is 0 Å². The van der Waals surface area contributed by atoms with Gasteiger partial charge in [0.1, 0.15) is 0 Å². The van der Waals surface area contributed by atoms with E-state index in [9.17, 15) is 10.2 Å². The van der Waals surface area contributed by atoms with Crippen LogP contribution in [0.5, 0.6) is 0 Å². The van der Waals surface area contributed by atoms with Crippen LogP contribution in [0.1, 0.15) is 135 Å². The van der Waals surface area contributed by atoms with Gasteiger partial charge in [-0.05, 0) is 93.6 Å². The minimum absolute atomic E-state index is 0.0911. The molecule has 6 atom stereocenters. The van der Waals surface area contributed by atoms with E-state index >= 15 is 0 Å². The maximum atomic E-state index is 11.5. The van der Waals surface area contributed by atoms with E-state index in [0.29, 0.717) is 17.3 Å². The lowest BCUT2D eigenvalue weighted by atomic mass is 9.68. The molecule has 1 aromatic rings. The van der Waals surface area contributed by atoms with Gasteiger partial charge in [-0.3, -0.25) is 0 Å². The molecule has 0 radical (unpaired) electrons. The Morgan fingerprint density at radius 3 is 1.63 bits per heavy atom. The second-order valence-electron chi connectivity index (χ2n) is 13.5. The monoisotopic (exact) mass is 486 g/mol. The summed E-state index contributed by atoms with van der Waals surface area (Å²) in [6, 6.07) is 8.76. The molecule has 0 bridgehead atoms. The summed E-state index contributed by atoms with van der Waals surface area (Å²) in [6.45, 7) is 11.2. The molecular weight excluding hydrogens is 432 g/mol. The Bertz CT molecular complexity index is 764. The fourth-order valence-electron chi connectivity index (χ4n) is 6.82. The molecule has 2 N–H and O–H groups in total. The summed E-state index contributed by atoms with van der Waals surface area (Å²) in [5.74, 6) is 1.15. The lowest BCUT2D eigenvalue weighted by molar-refractivity contribution is 0.00534. The van der Waals surface area contributed by atoms with Gasteiger partial charge in [-0.2, -0.15) is 0 Å². The highest BCUT2D eigenvalue weighted by Gasteiger charge is 2.38. The molecule has 3 nitrogen and oxygen atoms in total. The van der Waals surface area contributed by atoms with Crippen LogP contribution in [0.2, 0.25) is 0 Å². The smallest absolute Gasteiger partial charge is 0.0636 e. The number of ether oxygens (including phenoxy) is 1. The van der Waals surface area contributed by atoms with Gasteiger partial charge < -0.3 is 14.9 Å². The lowest BCUT2D eigenvalue weighted by Crippen LogP contribution is -2.35. The van der Waals surface area contributed by atoms with Crippen molar-refractivity contribution < 1.29 is 14.9 Å². The van der Waals surface area contributed by atoms with Crippen LogP contribution in [-0.2, 0) is 4.74 Å². The molecule has 0 aromatic heterocycles. The Hall–Kier alpha value is -0.900. The summed E-state index contributed by atoms with van der Waals surface area (Å²) in [4.78, 5) is 0. The first kappa shape index (κ1) is 28.7. The highest BCUT2D eigenvalue weighted by molar-refractivity contribution is 5.36. The highest BCUT2D eigenvalue weighted by atomic mass is 16.5. The quantitative estimate of drug-likeness (QED) is 0.352. The van der Waals surface area contributed by atoms with Crippen LogP contribution in [0.25, 0.3) is 0 Å². The van der Waals surface area contributed by atoms with E-state index in [1.165, 1.54) is 36.8 Å². The first-order valence-corrected chi connectivity index (χ1v) is 14.5. The molecule has 3 rings (SSSR count). The summed E-state index contributed by atoms with van der Waals surface area (Å²) in [5, 5.41) is 23.0. The predicted molar refractivity (Wildman–Crippen MR) is 147 cm³/mol. The molecule has 0 spiro atoms. The van der Waals surface area contributed by atoms with Crippen molar-refractivity contribution in [3.05, 3.63) is 35.4 Å². The molecule has 0 aliphatic heterocycles. The topological polar surface area (TPSA) is 49.7 Å². The minimum Gasteiger partial charge on any atom is -0.392 e. The van der Waals surface area contributed by atoms with Crippen molar-refractivity contribution in [3.63, 3.8) is 0 Å². The number of benzene rings is 1. The first-order chi connectivity index (χ1) is 16.5. The van der Waals surface area contributed by atoms with Gasteiger partial charge in [-0.15, -0.1) is 0 Å². The van der Waals surface area contributed by atoms with E-state index in [4.69, 9.17) is 4.74 Å². The second kappa shape index (κ2) is 12.6. The third kappa shape index (κ3) is 8.04. The van der Waals surface area contributed by atoms with Crippen molar-refractivity contribution in [2.24, 2.45) is 17.3 Å². The number of rotatable bonds is 10. The third-order valence-corrected chi connectivity index (χ3v) is 9.17. The maximum absolute atomic E-state index is 11.5. The molecule has 2 saturated carbocycles. The number of aliphatic hydroxyl groups excluding tert-OH is 2. The van der Waals surface area contributed by atoms with Gasteiger partial charge in [0.2, 0.25) is 0 Å². The van der Waals surface area contributed by atoms with E-state index in [1.54, 1.807) is 7.11 Å².